The highest BCUT2D eigenvalue weighted by Crippen LogP contribution is 2.28. The van der Waals surface area contributed by atoms with Gasteiger partial charge in [-0.3, -0.25) is 14.4 Å². The molecular weight excluding hydrogens is 264 g/mol. The number of fused-ring (bicyclic) bond motifs is 1. The van der Waals surface area contributed by atoms with Crippen molar-refractivity contribution < 1.29 is 24.2 Å². The van der Waals surface area contributed by atoms with Gasteiger partial charge < -0.3 is 20.5 Å². The number of Topliss-reactive ketones (excluding diaryl/α,β-unsaturated/α-hetero) is 1. The van der Waals surface area contributed by atoms with Crippen LogP contribution in [0.2, 0.25) is 0 Å². The summed E-state index contributed by atoms with van der Waals surface area (Å²) in [6.07, 6.45) is -0.310. The van der Waals surface area contributed by atoms with Gasteiger partial charge in [0.1, 0.15) is 5.75 Å². The lowest BCUT2D eigenvalue weighted by atomic mass is 10.0. The Kier molecular flexibility index (Phi) is 3.99. The SMILES string of the molecule is CNC(CC(=O)O)C(=O)c1ccc2c(c1)NC(=O)CO2. The van der Waals surface area contributed by atoms with Crippen LogP contribution >= 0.6 is 0 Å². The minimum absolute atomic E-state index is 0.0571. The molecule has 106 valence electrons. The number of carbonyl (C=O) groups is 3. The van der Waals surface area contributed by atoms with Gasteiger partial charge in [0.05, 0.1) is 18.2 Å². The number of aliphatic carboxylic acids is 1. The second-order valence-corrected chi connectivity index (χ2v) is 4.35. The molecule has 7 heteroatoms. The second-order valence-electron chi connectivity index (χ2n) is 4.35. The van der Waals surface area contributed by atoms with Crippen LogP contribution in [0.3, 0.4) is 0 Å². The molecule has 1 unspecified atom stereocenters. The number of ketones is 1. The lowest BCUT2D eigenvalue weighted by molar-refractivity contribution is -0.137. The molecule has 0 radical (unpaired) electrons. The Balaban J connectivity index is 2.24. The number of likely N-dealkylation sites (N-methyl/N-ethyl adjacent to an activating group) is 1. The number of benzene rings is 1. The summed E-state index contributed by atoms with van der Waals surface area (Å²) in [4.78, 5) is 34.1. The number of carboxylic acid groups (broad SMARTS) is 1. The van der Waals surface area contributed by atoms with Crippen LogP contribution in [-0.4, -0.2) is 42.5 Å². The van der Waals surface area contributed by atoms with Crippen molar-refractivity contribution in [2.24, 2.45) is 0 Å². The molecule has 0 aliphatic carbocycles. The summed E-state index contributed by atoms with van der Waals surface area (Å²) in [6.45, 7) is -0.0571. The van der Waals surface area contributed by atoms with Gasteiger partial charge in [0, 0.05) is 5.56 Å². The van der Waals surface area contributed by atoms with E-state index in [2.05, 4.69) is 10.6 Å². The van der Waals surface area contributed by atoms with Crippen molar-refractivity contribution in [1.82, 2.24) is 5.32 Å². The van der Waals surface area contributed by atoms with Gasteiger partial charge in [0.15, 0.2) is 12.4 Å². The summed E-state index contributed by atoms with van der Waals surface area (Å²) in [5, 5.41) is 14.0. The fraction of sp³-hybridized carbons (Fsp3) is 0.308. The third kappa shape index (κ3) is 2.94. The monoisotopic (exact) mass is 278 g/mol. The number of hydrogen-bond donors (Lipinski definition) is 3. The van der Waals surface area contributed by atoms with Crippen LogP contribution in [0.25, 0.3) is 0 Å². The highest BCUT2D eigenvalue weighted by atomic mass is 16.5. The number of carbonyl (C=O) groups excluding carboxylic acids is 2. The predicted molar refractivity (Wildman–Crippen MR) is 70.0 cm³/mol. The van der Waals surface area contributed by atoms with Crippen LogP contribution in [0.5, 0.6) is 5.75 Å². The van der Waals surface area contributed by atoms with E-state index in [0.29, 0.717) is 17.0 Å². The maximum absolute atomic E-state index is 12.2. The molecule has 0 fully saturated rings. The van der Waals surface area contributed by atoms with Crippen LogP contribution in [0.4, 0.5) is 5.69 Å². The minimum atomic E-state index is -1.06. The Morgan fingerprint density at radius 1 is 1.50 bits per heavy atom. The van der Waals surface area contributed by atoms with Crippen molar-refractivity contribution in [2.75, 3.05) is 19.0 Å². The Bertz CT molecular complexity index is 570. The predicted octanol–water partition coefficient (Wildman–Crippen LogP) is 0.263. The van der Waals surface area contributed by atoms with E-state index >= 15 is 0 Å². The van der Waals surface area contributed by atoms with Crippen LogP contribution in [0.1, 0.15) is 16.8 Å². The first-order valence-electron chi connectivity index (χ1n) is 6.01. The maximum Gasteiger partial charge on any atom is 0.305 e. The molecule has 0 aromatic heterocycles. The Morgan fingerprint density at radius 2 is 2.25 bits per heavy atom. The van der Waals surface area contributed by atoms with E-state index in [9.17, 15) is 14.4 Å². The molecule has 2 rings (SSSR count). The van der Waals surface area contributed by atoms with Gasteiger partial charge in [-0.1, -0.05) is 0 Å². The van der Waals surface area contributed by atoms with Crippen molar-refractivity contribution in [3.8, 4) is 5.75 Å². The highest BCUT2D eigenvalue weighted by Gasteiger charge is 2.23. The molecule has 1 heterocycles. The first kappa shape index (κ1) is 14.0. The second kappa shape index (κ2) is 5.70. The van der Waals surface area contributed by atoms with Crippen LogP contribution in [0.15, 0.2) is 18.2 Å². The number of carboxylic acids is 1. The number of amides is 1. The first-order chi connectivity index (χ1) is 9.51. The number of nitrogens with one attached hydrogen (secondary N) is 2. The van der Waals surface area contributed by atoms with E-state index < -0.39 is 12.0 Å². The number of rotatable bonds is 5. The van der Waals surface area contributed by atoms with Crippen molar-refractivity contribution in [3.63, 3.8) is 0 Å². The summed E-state index contributed by atoms with van der Waals surface area (Å²) >= 11 is 0. The standard InChI is InChI=1S/C13H14N2O5/c1-14-9(5-12(17)18)13(19)7-2-3-10-8(4-7)15-11(16)6-20-10/h2-4,9,14H,5-6H2,1H3,(H,15,16)(H,17,18). The molecule has 1 amide bonds. The van der Waals surface area contributed by atoms with Gasteiger partial charge in [0.2, 0.25) is 0 Å². The van der Waals surface area contributed by atoms with E-state index in [1.54, 1.807) is 12.1 Å². The topological polar surface area (TPSA) is 105 Å². The number of hydrogen-bond acceptors (Lipinski definition) is 5. The lowest BCUT2D eigenvalue weighted by Gasteiger charge is -2.19. The van der Waals surface area contributed by atoms with E-state index in [4.69, 9.17) is 9.84 Å². The average Bonchev–Trinajstić information content (AvgIpc) is 2.43. The van der Waals surface area contributed by atoms with Gasteiger partial charge in [-0.05, 0) is 25.2 Å². The van der Waals surface area contributed by atoms with Gasteiger partial charge in [-0.15, -0.1) is 0 Å². The van der Waals surface area contributed by atoms with E-state index in [1.165, 1.54) is 13.1 Å². The largest absolute Gasteiger partial charge is 0.482 e. The molecule has 3 N–H and O–H groups in total. The summed E-state index contributed by atoms with van der Waals surface area (Å²) in [5.74, 6) is -1.22. The summed E-state index contributed by atoms with van der Waals surface area (Å²) in [6, 6.07) is 3.80. The molecule has 0 saturated carbocycles. The van der Waals surface area contributed by atoms with Crippen molar-refractivity contribution in [1.29, 1.82) is 0 Å². The quantitative estimate of drug-likeness (QED) is 0.667. The zero-order valence-electron chi connectivity index (χ0n) is 10.8. The molecule has 1 aromatic carbocycles. The van der Waals surface area contributed by atoms with E-state index in [0.717, 1.165) is 0 Å². The maximum atomic E-state index is 12.2. The fourth-order valence-electron chi connectivity index (χ4n) is 1.94. The highest BCUT2D eigenvalue weighted by molar-refractivity contribution is 6.04. The van der Waals surface area contributed by atoms with Crippen molar-refractivity contribution in [3.05, 3.63) is 23.8 Å². The molecule has 7 nitrogen and oxygen atoms in total. The zero-order chi connectivity index (χ0) is 14.7. The Hall–Kier alpha value is -2.41. The van der Waals surface area contributed by atoms with Crippen molar-refractivity contribution in [2.45, 2.75) is 12.5 Å². The van der Waals surface area contributed by atoms with Crippen LogP contribution < -0.4 is 15.4 Å². The molecule has 1 aliphatic heterocycles. The molecule has 1 aliphatic rings. The average molecular weight is 278 g/mol. The molecule has 0 spiro atoms. The van der Waals surface area contributed by atoms with Crippen molar-refractivity contribution >= 4 is 23.3 Å². The third-order valence-corrected chi connectivity index (χ3v) is 2.94. The number of ether oxygens (including phenoxy) is 1. The van der Waals surface area contributed by atoms with E-state index in [-0.39, 0.29) is 24.7 Å². The van der Waals surface area contributed by atoms with Crippen LogP contribution in [0, 0.1) is 0 Å². The van der Waals surface area contributed by atoms with Gasteiger partial charge >= 0.3 is 5.97 Å². The Labute approximate surface area is 114 Å². The van der Waals surface area contributed by atoms with Crippen LogP contribution in [-0.2, 0) is 9.59 Å². The van der Waals surface area contributed by atoms with Gasteiger partial charge in [0.25, 0.3) is 5.91 Å². The summed E-state index contributed by atoms with van der Waals surface area (Å²) in [7, 11) is 1.52. The minimum Gasteiger partial charge on any atom is -0.482 e. The normalized spacial score (nSPS) is 14.8. The fourth-order valence-corrected chi connectivity index (χ4v) is 1.94. The molecule has 0 saturated heterocycles. The molecule has 0 bridgehead atoms. The molecular formula is C13H14N2O5. The summed E-state index contributed by atoms with van der Waals surface area (Å²) < 4.78 is 5.19. The lowest BCUT2D eigenvalue weighted by Crippen LogP contribution is -2.36. The zero-order valence-corrected chi connectivity index (χ0v) is 10.8. The molecule has 1 aromatic rings. The van der Waals surface area contributed by atoms with Gasteiger partial charge in [-0.25, -0.2) is 0 Å². The summed E-state index contributed by atoms with van der Waals surface area (Å²) in [5.41, 5.74) is 0.729. The molecule has 1 atom stereocenters. The van der Waals surface area contributed by atoms with Gasteiger partial charge in [-0.2, -0.15) is 0 Å². The Morgan fingerprint density at radius 3 is 2.90 bits per heavy atom. The smallest absolute Gasteiger partial charge is 0.305 e. The first-order valence-corrected chi connectivity index (χ1v) is 6.01. The van der Waals surface area contributed by atoms with E-state index in [1.807, 2.05) is 0 Å². The number of anilines is 1. The third-order valence-electron chi connectivity index (χ3n) is 2.94. The molecule has 20 heavy (non-hydrogen) atoms.